The molecule has 0 radical (unpaired) electrons. The topological polar surface area (TPSA) is 180 Å². The second-order valence-corrected chi connectivity index (χ2v) is 7.07. The van der Waals surface area contributed by atoms with Crippen molar-refractivity contribution < 1.29 is 14.7 Å². The Bertz CT molecular complexity index is 700. The van der Waals surface area contributed by atoms with Crippen LogP contribution in [0.3, 0.4) is 0 Å². The lowest BCUT2D eigenvalue weighted by molar-refractivity contribution is -0.137. The van der Waals surface area contributed by atoms with Crippen molar-refractivity contribution in [1.82, 2.24) is 20.6 Å². The van der Waals surface area contributed by atoms with Crippen LogP contribution in [0.1, 0.15) is 74.7 Å². The zero-order valence-corrected chi connectivity index (χ0v) is 17.2. The van der Waals surface area contributed by atoms with E-state index in [0.29, 0.717) is 6.54 Å². The number of carboxylic acid groups (broad SMARTS) is 1. The number of carbonyl (C=O) groups is 2. The Labute approximate surface area is 175 Å². The van der Waals surface area contributed by atoms with Crippen molar-refractivity contribution >= 4 is 41.1 Å². The number of nitrogens with zero attached hydrogens (tertiary/aromatic N) is 2. The minimum absolute atomic E-state index is 0.0629. The molecule has 0 bridgehead atoms. The van der Waals surface area contributed by atoms with Crippen molar-refractivity contribution in [3.63, 3.8) is 0 Å². The van der Waals surface area contributed by atoms with Gasteiger partial charge in [-0.3, -0.25) is 20.3 Å². The van der Waals surface area contributed by atoms with E-state index in [2.05, 4.69) is 20.6 Å². The van der Waals surface area contributed by atoms with Crippen LogP contribution in [0, 0.1) is 5.41 Å². The van der Waals surface area contributed by atoms with Crippen LogP contribution in [0.25, 0.3) is 0 Å². The summed E-state index contributed by atoms with van der Waals surface area (Å²) >= 11 is 5.74. The van der Waals surface area contributed by atoms with E-state index in [1.165, 1.54) is 0 Å². The van der Waals surface area contributed by atoms with Crippen LogP contribution in [0.5, 0.6) is 0 Å². The molecule has 0 saturated heterocycles. The predicted molar refractivity (Wildman–Crippen MR) is 113 cm³/mol. The minimum Gasteiger partial charge on any atom is -0.481 e. The highest BCUT2D eigenvalue weighted by atomic mass is 35.5. The third-order valence-electron chi connectivity index (χ3n) is 4.23. The number of nitrogen functional groups attached to an aromatic ring is 2. The van der Waals surface area contributed by atoms with Gasteiger partial charge in [0.15, 0.2) is 28.4 Å². The Balaban J connectivity index is 2.06. The fourth-order valence-corrected chi connectivity index (χ4v) is 2.80. The number of anilines is 2. The van der Waals surface area contributed by atoms with Gasteiger partial charge in [0.1, 0.15) is 0 Å². The Morgan fingerprint density at radius 1 is 0.931 bits per heavy atom. The van der Waals surface area contributed by atoms with Crippen LogP contribution < -0.4 is 22.1 Å². The molecule has 162 valence electrons. The van der Waals surface area contributed by atoms with Gasteiger partial charge in [0.05, 0.1) is 0 Å². The number of hydrogen-bond acceptors (Lipinski definition) is 7. The molecule has 0 aliphatic rings. The molecule has 0 atom stereocenters. The average molecular weight is 428 g/mol. The number of carbonyl (C=O) groups excluding carboxylic acids is 1. The summed E-state index contributed by atoms with van der Waals surface area (Å²) < 4.78 is 0. The molecule has 0 aliphatic heterocycles. The second kappa shape index (κ2) is 13.5. The lowest BCUT2D eigenvalue weighted by atomic mass is 10.1. The molecular weight excluding hydrogens is 398 g/mol. The maximum atomic E-state index is 12.1. The van der Waals surface area contributed by atoms with Gasteiger partial charge in [-0.15, -0.1) is 0 Å². The molecular formula is C18H30ClN7O3. The van der Waals surface area contributed by atoms with Crippen molar-refractivity contribution in [2.45, 2.75) is 64.2 Å². The third kappa shape index (κ3) is 10.5. The third-order valence-corrected chi connectivity index (χ3v) is 4.51. The van der Waals surface area contributed by atoms with Gasteiger partial charge >= 0.3 is 5.97 Å². The number of guanidine groups is 1. The number of aromatic nitrogens is 2. The lowest BCUT2D eigenvalue weighted by Gasteiger charge is -2.10. The highest BCUT2D eigenvalue weighted by molar-refractivity contribution is 6.31. The average Bonchev–Trinajstić information content (AvgIpc) is 2.65. The normalized spacial score (nSPS) is 10.5. The number of rotatable bonds is 13. The Morgan fingerprint density at radius 2 is 1.48 bits per heavy atom. The molecule has 10 nitrogen and oxygen atoms in total. The SMILES string of the molecule is N=C(NCCCCCCCCCCCC(=O)O)NC(=O)c1nc(Cl)c(N)nc1N. The summed E-state index contributed by atoms with van der Waals surface area (Å²) in [7, 11) is 0. The highest BCUT2D eigenvalue weighted by Gasteiger charge is 2.16. The van der Waals surface area contributed by atoms with Crippen LogP contribution in [0.15, 0.2) is 0 Å². The van der Waals surface area contributed by atoms with Crippen molar-refractivity contribution in [2.24, 2.45) is 0 Å². The fraction of sp³-hybridized carbons (Fsp3) is 0.611. The van der Waals surface area contributed by atoms with E-state index in [9.17, 15) is 9.59 Å². The summed E-state index contributed by atoms with van der Waals surface area (Å²) in [6, 6.07) is 0. The first-order valence-electron chi connectivity index (χ1n) is 9.75. The van der Waals surface area contributed by atoms with Gasteiger partial charge in [-0.05, 0) is 12.8 Å². The van der Waals surface area contributed by atoms with E-state index in [4.69, 9.17) is 33.6 Å². The molecule has 11 heteroatoms. The molecule has 0 fully saturated rings. The predicted octanol–water partition coefficient (Wildman–Crippen LogP) is 2.53. The van der Waals surface area contributed by atoms with Crippen LogP contribution >= 0.6 is 11.6 Å². The number of amides is 1. The monoisotopic (exact) mass is 427 g/mol. The summed E-state index contributed by atoms with van der Waals surface area (Å²) in [5, 5.41) is 21.4. The van der Waals surface area contributed by atoms with Crippen molar-refractivity contribution in [3.05, 3.63) is 10.8 Å². The molecule has 0 saturated carbocycles. The van der Waals surface area contributed by atoms with E-state index < -0.39 is 11.9 Å². The van der Waals surface area contributed by atoms with Gasteiger partial charge in [-0.1, -0.05) is 56.5 Å². The van der Waals surface area contributed by atoms with Gasteiger partial charge in [0, 0.05) is 13.0 Å². The zero-order chi connectivity index (χ0) is 21.6. The quantitative estimate of drug-likeness (QED) is 0.158. The number of aliphatic carboxylic acids is 1. The van der Waals surface area contributed by atoms with Crippen LogP contribution in [0.4, 0.5) is 11.6 Å². The van der Waals surface area contributed by atoms with Crippen LogP contribution in [-0.2, 0) is 4.79 Å². The fourth-order valence-electron chi connectivity index (χ4n) is 2.68. The number of carboxylic acids is 1. The summed E-state index contributed by atoms with van der Waals surface area (Å²) in [6.45, 7) is 0.567. The molecule has 29 heavy (non-hydrogen) atoms. The maximum absolute atomic E-state index is 12.1. The molecule has 8 N–H and O–H groups in total. The minimum atomic E-state index is -0.723. The molecule has 0 spiro atoms. The number of nitrogens with one attached hydrogen (secondary N) is 3. The molecule has 1 rings (SSSR count). The van der Waals surface area contributed by atoms with Crippen LogP contribution in [0.2, 0.25) is 5.15 Å². The summed E-state index contributed by atoms with van der Waals surface area (Å²) in [4.78, 5) is 30.0. The molecule has 1 amide bonds. The van der Waals surface area contributed by atoms with Crippen molar-refractivity contribution in [2.75, 3.05) is 18.0 Å². The van der Waals surface area contributed by atoms with E-state index in [0.717, 1.165) is 57.8 Å². The van der Waals surface area contributed by atoms with Crippen molar-refractivity contribution in [1.29, 1.82) is 5.41 Å². The first-order chi connectivity index (χ1) is 13.8. The molecule has 0 aliphatic carbocycles. The van der Waals surface area contributed by atoms with Gasteiger partial charge in [0.25, 0.3) is 5.91 Å². The Kier molecular flexibility index (Phi) is 11.4. The second-order valence-electron chi connectivity index (χ2n) is 6.72. The molecule has 1 heterocycles. The standard InChI is InChI=1S/C18H30ClN7O3/c19-14-16(21)25-15(20)13(24-14)17(29)26-18(22)23-11-9-7-5-3-1-2-4-6-8-10-12(27)28/h1-11H2,(H,27,28)(H4,20,21,25)(H3,22,23,26,29). The molecule has 1 aromatic rings. The first kappa shape index (κ1) is 24.4. The molecule has 0 aromatic carbocycles. The zero-order valence-electron chi connectivity index (χ0n) is 16.5. The maximum Gasteiger partial charge on any atom is 0.303 e. The smallest absolute Gasteiger partial charge is 0.303 e. The number of nitrogens with two attached hydrogens (primary N) is 2. The lowest BCUT2D eigenvalue weighted by Crippen LogP contribution is -2.41. The van der Waals surface area contributed by atoms with Gasteiger partial charge in [-0.2, -0.15) is 0 Å². The van der Waals surface area contributed by atoms with Crippen molar-refractivity contribution in [3.8, 4) is 0 Å². The highest BCUT2D eigenvalue weighted by Crippen LogP contribution is 2.17. The first-order valence-corrected chi connectivity index (χ1v) is 10.1. The van der Waals surface area contributed by atoms with Crippen LogP contribution in [-0.4, -0.2) is 39.5 Å². The van der Waals surface area contributed by atoms with E-state index in [-0.39, 0.29) is 34.9 Å². The van der Waals surface area contributed by atoms with E-state index in [1.54, 1.807) is 0 Å². The van der Waals surface area contributed by atoms with E-state index >= 15 is 0 Å². The number of halogens is 1. The Morgan fingerprint density at radius 3 is 2.07 bits per heavy atom. The number of unbranched alkanes of at least 4 members (excludes halogenated alkanes) is 8. The Hall–Kier alpha value is -2.62. The van der Waals surface area contributed by atoms with Gasteiger partial charge in [0.2, 0.25) is 0 Å². The summed E-state index contributed by atoms with van der Waals surface area (Å²) in [6.07, 6.45) is 9.52. The number of hydrogen-bond donors (Lipinski definition) is 6. The van der Waals surface area contributed by atoms with E-state index in [1.807, 2.05) is 0 Å². The summed E-state index contributed by atoms with van der Waals surface area (Å²) in [5.41, 5.74) is 10.9. The van der Waals surface area contributed by atoms with Gasteiger partial charge < -0.3 is 21.9 Å². The molecule has 1 aromatic heterocycles. The summed E-state index contributed by atoms with van der Waals surface area (Å²) in [5.74, 6) is -1.77. The largest absolute Gasteiger partial charge is 0.481 e. The van der Waals surface area contributed by atoms with Gasteiger partial charge in [-0.25, -0.2) is 9.97 Å². The molecule has 0 unspecified atom stereocenters.